The maximum atomic E-state index is 11.9. The van der Waals surface area contributed by atoms with E-state index in [9.17, 15) is 8.42 Å². The highest BCUT2D eigenvalue weighted by Gasteiger charge is 2.13. The van der Waals surface area contributed by atoms with Crippen LogP contribution in [0.5, 0.6) is 0 Å². The van der Waals surface area contributed by atoms with E-state index >= 15 is 0 Å². The van der Waals surface area contributed by atoms with Gasteiger partial charge in [-0.3, -0.25) is 4.98 Å². The van der Waals surface area contributed by atoms with Crippen LogP contribution < -0.4 is 4.72 Å². The average molecular weight is 430 g/mol. The molecule has 0 aliphatic rings. The van der Waals surface area contributed by atoms with E-state index in [1.165, 1.54) is 7.05 Å². The summed E-state index contributed by atoms with van der Waals surface area (Å²) in [5, 5.41) is 14.3. The van der Waals surface area contributed by atoms with Crippen LogP contribution in [0.4, 0.5) is 0 Å². The number of nitrogens with zero attached hydrogens (tertiary/aromatic N) is 5. The molecule has 9 heteroatoms. The molecule has 154 valence electrons. The van der Waals surface area contributed by atoms with Crippen LogP contribution in [0, 0.1) is 0 Å². The Morgan fingerprint density at radius 2 is 1.81 bits per heavy atom. The van der Waals surface area contributed by atoms with Crippen molar-refractivity contribution in [2.45, 2.75) is 11.3 Å². The second-order valence-electron chi connectivity index (χ2n) is 7.04. The summed E-state index contributed by atoms with van der Waals surface area (Å²) in [7, 11) is -2.09. The zero-order valence-electron chi connectivity index (χ0n) is 16.6. The lowest BCUT2D eigenvalue weighted by Gasteiger charge is -2.06. The molecule has 0 fully saturated rings. The summed E-state index contributed by atoms with van der Waals surface area (Å²) in [6.45, 7) is 0. The maximum Gasteiger partial charge on any atom is 0.240 e. The van der Waals surface area contributed by atoms with E-state index in [1.807, 2.05) is 36.4 Å². The quantitative estimate of drug-likeness (QED) is 0.460. The predicted molar refractivity (Wildman–Crippen MR) is 117 cm³/mol. The highest BCUT2D eigenvalue weighted by atomic mass is 32.2. The van der Waals surface area contributed by atoms with E-state index in [0.29, 0.717) is 17.8 Å². The van der Waals surface area contributed by atoms with Crippen molar-refractivity contribution in [3.63, 3.8) is 0 Å². The number of rotatable bonds is 5. The molecule has 0 aliphatic carbocycles. The predicted octanol–water partition coefficient (Wildman–Crippen LogP) is 2.84. The van der Waals surface area contributed by atoms with Gasteiger partial charge in [-0.15, -0.1) is 10.2 Å². The first-order valence-corrected chi connectivity index (χ1v) is 11.1. The maximum absolute atomic E-state index is 11.9. The zero-order valence-corrected chi connectivity index (χ0v) is 17.4. The first-order valence-electron chi connectivity index (χ1n) is 9.62. The summed E-state index contributed by atoms with van der Waals surface area (Å²) in [6, 6.07) is 20.3. The second-order valence-corrected chi connectivity index (χ2v) is 8.93. The highest BCUT2D eigenvalue weighted by molar-refractivity contribution is 7.89. The van der Waals surface area contributed by atoms with E-state index in [1.54, 1.807) is 35.0 Å². The Morgan fingerprint density at radius 3 is 2.61 bits per heavy atom. The number of pyridine rings is 1. The van der Waals surface area contributed by atoms with Crippen molar-refractivity contribution in [3.05, 3.63) is 84.3 Å². The lowest BCUT2D eigenvalue weighted by Crippen LogP contribution is -2.18. The van der Waals surface area contributed by atoms with Gasteiger partial charge in [0.15, 0.2) is 11.5 Å². The fraction of sp³-hybridized carbons (Fsp3) is 0.0909. The molecule has 1 N–H and O–H groups in total. The number of benzene rings is 2. The number of sulfonamides is 1. The van der Waals surface area contributed by atoms with Gasteiger partial charge >= 0.3 is 0 Å². The molecule has 2 aromatic carbocycles. The summed E-state index contributed by atoms with van der Waals surface area (Å²) in [5.41, 5.74) is 4.18. The smallest absolute Gasteiger partial charge is 0.240 e. The largest absolute Gasteiger partial charge is 0.256 e. The van der Waals surface area contributed by atoms with Crippen LogP contribution >= 0.6 is 0 Å². The van der Waals surface area contributed by atoms with Gasteiger partial charge in [0.2, 0.25) is 10.0 Å². The molecule has 3 aromatic heterocycles. The van der Waals surface area contributed by atoms with Gasteiger partial charge in [0, 0.05) is 23.6 Å². The molecule has 0 radical (unpaired) electrons. The lowest BCUT2D eigenvalue weighted by atomic mass is 10.1. The normalized spacial score (nSPS) is 11.9. The molecule has 0 saturated carbocycles. The molecular formula is C22H18N6O2S. The summed E-state index contributed by atoms with van der Waals surface area (Å²) in [5.74, 6) is 0.717. The summed E-state index contributed by atoms with van der Waals surface area (Å²) in [6.07, 6.45) is 2.35. The third-order valence-corrected chi connectivity index (χ3v) is 6.52. The molecule has 3 heterocycles. The van der Waals surface area contributed by atoms with Crippen molar-refractivity contribution >= 4 is 26.6 Å². The van der Waals surface area contributed by atoms with Crippen molar-refractivity contribution in [1.82, 2.24) is 29.5 Å². The topological polar surface area (TPSA) is 102 Å². The van der Waals surface area contributed by atoms with Gasteiger partial charge < -0.3 is 0 Å². The summed E-state index contributed by atoms with van der Waals surface area (Å²) in [4.78, 5) is 4.56. The Kier molecular flexibility index (Phi) is 4.68. The Hall–Kier alpha value is -3.69. The van der Waals surface area contributed by atoms with Crippen LogP contribution in [-0.2, 0) is 16.4 Å². The number of aromatic nitrogens is 5. The molecule has 8 nitrogen and oxygen atoms in total. The SMILES string of the molecule is CNS(=O)(=O)c1ccc(-c2ccc3nnc(Cc4ccc5ncccc5c4)n3n2)cc1. The number of hydrogen-bond acceptors (Lipinski definition) is 6. The lowest BCUT2D eigenvalue weighted by molar-refractivity contribution is 0.588. The fourth-order valence-corrected chi connectivity index (χ4v) is 4.17. The van der Waals surface area contributed by atoms with Crippen LogP contribution in [0.3, 0.4) is 0 Å². The van der Waals surface area contributed by atoms with Gasteiger partial charge in [-0.2, -0.15) is 9.61 Å². The number of hydrogen-bond donors (Lipinski definition) is 1. The summed E-state index contributed by atoms with van der Waals surface area (Å²) >= 11 is 0. The molecule has 31 heavy (non-hydrogen) atoms. The fourth-order valence-electron chi connectivity index (χ4n) is 3.44. The van der Waals surface area contributed by atoms with Gasteiger partial charge in [-0.25, -0.2) is 13.1 Å². The van der Waals surface area contributed by atoms with Gasteiger partial charge in [0.1, 0.15) is 0 Å². The van der Waals surface area contributed by atoms with E-state index < -0.39 is 10.0 Å². The minimum atomic E-state index is -3.48. The van der Waals surface area contributed by atoms with Gasteiger partial charge in [-0.1, -0.05) is 24.3 Å². The van der Waals surface area contributed by atoms with E-state index in [0.717, 1.165) is 27.9 Å². The van der Waals surface area contributed by atoms with Crippen molar-refractivity contribution in [1.29, 1.82) is 0 Å². The molecule has 0 amide bonds. The van der Waals surface area contributed by atoms with Crippen molar-refractivity contribution in [2.75, 3.05) is 7.05 Å². The van der Waals surface area contributed by atoms with Crippen molar-refractivity contribution in [2.24, 2.45) is 0 Å². The van der Waals surface area contributed by atoms with Crippen LogP contribution in [0.1, 0.15) is 11.4 Å². The second kappa shape index (κ2) is 7.53. The van der Waals surface area contributed by atoms with Gasteiger partial charge in [0.25, 0.3) is 0 Å². The Morgan fingerprint density at radius 1 is 0.968 bits per heavy atom. The summed E-state index contributed by atoms with van der Waals surface area (Å²) < 4.78 is 27.9. The minimum Gasteiger partial charge on any atom is -0.256 e. The monoisotopic (exact) mass is 430 g/mol. The third-order valence-electron chi connectivity index (χ3n) is 5.09. The standard InChI is InChI=1S/C22H18N6O2S/c1-23-31(29,30)18-7-5-16(6-8-18)20-10-11-21-25-26-22(28(21)27-20)14-15-4-9-19-17(13-15)3-2-12-24-19/h2-13,23H,14H2,1H3. The van der Waals surface area contributed by atoms with Crippen molar-refractivity contribution < 1.29 is 8.42 Å². The zero-order chi connectivity index (χ0) is 21.4. The van der Waals surface area contributed by atoms with Crippen LogP contribution in [0.15, 0.2) is 77.8 Å². The average Bonchev–Trinajstić information content (AvgIpc) is 3.21. The van der Waals surface area contributed by atoms with Crippen LogP contribution in [0.2, 0.25) is 0 Å². The third kappa shape index (κ3) is 3.65. The highest BCUT2D eigenvalue weighted by Crippen LogP contribution is 2.21. The molecule has 0 saturated heterocycles. The molecule has 0 unspecified atom stereocenters. The Bertz CT molecular complexity index is 1510. The van der Waals surface area contributed by atoms with Crippen LogP contribution in [-0.4, -0.2) is 40.3 Å². The van der Waals surface area contributed by atoms with E-state index in [4.69, 9.17) is 5.10 Å². The van der Waals surface area contributed by atoms with Gasteiger partial charge in [0.05, 0.1) is 16.1 Å². The molecule has 5 aromatic rings. The molecular weight excluding hydrogens is 412 g/mol. The van der Waals surface area contributed by atoms with E-state index in [-0.39, 0.29) is 4.90 Å². The van der Waals surface area contributed by atoms with Crippen molar-refractivity contribution in [3.8, 4) is 11.3 Å². The first kappa shape index (κ1) is 19.3. The first-order chi connectivity index (χ1) is 15.0. The molecule has 0 bridgehead atoms. The van der Waals surface area contributed by atoms with Gasteiger partial charge in [-0.05, 0) is 55.1 Å². The molecule has 5 rings (SSSR count). The van der Waals surface area contributed by atoms with E-state index in [2.05, 4.69) is 26.0 Å². The number of nitrogens with one attached hydrogen (secondary N) is 1. The molecule has 0 aliphatic heterocycles. The minimum absolute atomic E-state index is 0.204. The molecule has 0 spiro atoms. The van der Waals surface area contributed by atoms with Crippen LogP contribution in [0.25, 0.3) is 27.8 Å². The Balaban J connectivity index is 1.49. The number of fused-ring (bicyclic) bond motifs is 2. The Labute approximate surface area is 178 Å². The molecule has 0 atom stereocenters.